The Balaban J connectivity index is 1.81. The summed E-state index contributed by atoms with van der Waals surface area (Å²) in [6, 6.07) is 4.86. The highest BCUT2D eigenvalue weighted by atomic mass is 16.5. The van der Waals surface area contributed by atoms with E-state index >= 15 is 0 Å². The van der Waals surface area contributed by atoms with Crippen LogP contribution < -0.4 is 10.1 Å². The molecule has 6 heteroatoms. The summed E-state index contributed by atoms with van der Waals surface area (Å²) < 4.78 is 10.6. The minimum absolute atomic E-state index is 0.0492. The number of hydrogen-bond donors (Lipinski definition) is 2. The average molecular weight is 321 g/mol. The first-order chi connectivity index (χ1) is 11.1. The molecule has 1 unspecified atom stereocenters. The molecule has 0 bridgehead atoms. The molecular weight excluding hydrogens is 298 g/mol. The minimum atomic E-state index is -1.05. The summed E-state index contributed by atoms with van der Waals surface area (Å²) in [6.07, 6.45) is 4.63. The van der Waals surface area contributed by atoms with Crippen LogP contribution >= 0.6 is 0 Å². The van der Waals surface area contributed by atoms with Crippen molar-refractivity contribution < 1.29 is 24.2 Å². The van der Waals surface area contributed by atoms with Crippen LogP contribution in [0.15, 0.2) is 18.2 Å². The zero-order chi connectivity index (χ0) is 16.7. The van der Waals surface area contributed by atoms with Crippen molar-refractivity contribution in [3.63, 3.8) is 0 Å². The number of nitrogens with one attached hydrogen (secondary N) is 1. The number of carboxylic acid groups (broad SMARTS) is 1. The third-order valence-electron chi connectivity index (χ3n) is 3.95. The molecule has 0 spiro atoms. The maximum absolute atomic E-state index is 11.9. The third kappa shape index (κ3) is 5.25. The smallest absolute Gasteiger partial charge is 0.339 e. The van der Waals surface area contributed by atoms with Crippen molar-refractivity contribution in [2.24, 2.45) is 0 Å². The molecule has 1 aliphatic rings. The van der Waals surface area contributed by atoms with Gasteiger partial charge >= 0.3 is 5.97 Å². The van der Waals surface area contributed by atoms with Gasteiger partial charge in [-0.3, -0.25) is 4.79 Å². The van der Waals surface area contributed by atoms with Crippen molar-refractivity contribution in [3.8, 4) is 5.75 Å². The summed E-state index contributed by atoms with van der Waals surface area (Å²) in [5.41, 5.74) is 0.820. The second kappa shape index (κ2) is 8.53. The maximum Gasteiger partial charge on any atom is 0.339 e. The van der Waals surface area contributed by atoms with Crippen molar-refractivity contribution in [3.05, 3.63) is 29.3 Å². The molecule has 1 aliphatic heterocycles. The molecule has 6 nitrogen and oxygen atoms in total. The van der Waals surface area contributed by atoms with E-state index in [-0.39, 0.29) is 17.6 Å². The molecule has 1 aromatic rings. The van der Waals surface area contributed by atoms with Crippen LogP contribution in [-0.4, -0.2) is 36.8 Å². The molecule has 23 heavy (non-hydrogen) atoms. The Labute approximate surface area is 135 Å². The lowest BCUT2D eigenvalue weighted by molar-refractivity contribution is -0.122. The Morgan fingerprint density at radius 3 is 2.87 bits per heavy atom. The highest BCUT2D eigenvalue weighted by molar-refractivity contribution is 5.91. The number of methoxy groups -OCH3 is 1. The summed E-state index contributed by atoms with van der Waals surface area (Å²) in [7, 11) is 1.43. The lowest BCUT2D eigenvalue weighted by Gasteiger charge is -2.22. The van der Waals surface area contributed by atoms with E-state index in [1.165, 1.54) is 13.2 Å². The first kappa shape index (κ1) is 17.3. The van der Waals surface area contributed by atoms with Crippen LogP contribution in [0.2, 0.25) is 0 Å². The van der Waals surface area contributed by atoms with E-state index in [1.54, 1.807) is 12.1 Å². The van der Waals surface area contributed by atoms with E-state index in [2.05, 4.69) is 5.32 Å². The van der Waals surface area contributed by atoms with Gasteiger partial charge < -0.3 is 19.9 Å². The van der Waals surface area contributed by atoms with Gasteiger partial charge in [-0.1, -0.05) is 6.07 Å². The van der Waals surface area contributed by atoms with Gasteiger partial charge in [-0.2, -0.15) is 0 Å². The maximum atomic E-state index is 11.9. The van der Waals surface area contributed by atoms with Crippen molar-refractivity contribution in [2.45, 2.75) is 44.8 Å². The molecule has 1 atom stereocenters. The second-order valence-electron chi connectivity index (χ2n) is 5.64. The molecule has 0 aliphatic carbocycles. The summed E-state index contributed by atoms with van der Waals surface area (Å²) in [5, 5.41) is 12.0. The molecule has 1 aromatic carbocycles. The van der Waals surface area contributed by atoms with Crippen LogP contribution in [0, 0.1) is 0 Å². The number of carboxylic acids is 1. The van der Waals surface area contributed by atoms with Gasteiger partial charge in [-0.15, -0.1) is 0 Å². The van der Waals surface area contributed by atoms with Crippen LogP contribution in [0.5, 0.6) is 5.75 Å². The normalized spacial score (nSPS) is 17.5. The molecule has 2 rings (SSSR count). The molecule has 0 aromatic heterocycles. The fourth-order valence-corrected chi connectivity index (χ4v) is 2.65. The number of carbonyl (C=O) groups is 2. The van der Waals surface area contributed by atoms with Crippen molar-refractivity contribution >= 4 is 11.9 Å². The van der Waals surface area contributed by atoms with Crippen molar-refractivity contribution in [1.82, 2.24) is 5.32 Å². The molecule has 1 amide bonds. The van der Waals surface area contributed by atoms with E-state index in [1.807, 2.05) is 0 Å². The topological polar surface area (TPSA) is 84.9 Å². The molecule has 0 radical (unpaired) electrons. The standard InChI is InChI=1S/C17H23NO5/c1-22-15-7-5-12(10-14(15)17(20)21)11-18-16(19)8-6-13-4-2-3-9-23-13/h5,7,10,13H,2-4,6,8-9,11H2,1H3,(H,18,19)(H,20,21). The predicted molar refractivity (Wildman–Crippen MR) is 84.6 cm³/mol. The van der Waals surface area contributed by atoms with Crippen LogP contribution in [-0.2, 0) is 16.1 Å². The van der Waals surface area contributed by atoms with E-state index in [0.29, 0.717) is 18.7 Å². The number of amides is 1. The monoisotopic (exact) mass is 321 g/mol. The van der Waals surface area contributed by atoms with E-state index < -0.39 is 5.97 Å². The lowest BCUT2D eigenvalue weighted by Crippen LogP contribution is -2.26. The Bertz CT molecular complexity index is 552. The van der Waals surface area contributed by atoms with Gasteiger partial charge in [0.1, 0.15) is 11.3 Å². The Kier molecular flexibility index (Phi) is 6.40. The highest BCUT2D eigenvalue weighted by Crippen LogP contribution is 2.20. The average Bonchev–Trinajstić information content (AvgIpc) is 2.58. The Morgan fingerprint density at radius 1 is 1.39 bits per heavy atom. The van der Waals surface area contributed by atoms with Gasteiger partial charge in [0, 0.05) is 19.6 Å². The van der Waals surface area contributed by atoms with Crippen LogP contribution in [0.25, 0.3) is 0 Å². The summed E-state index contributed by atoms with van der Waals surface area (Å²) >= 11 is 0. The van der Waals surface area contributed by atoms with Gasteiger partial charge in [-0.05, 0) is 43.4 Å². The lowest BCUT2D eigenvalue weighted by atomic mass is 10.0. The molecular formula is C17H23NO5. The molecule has 1 saturated heterocycles. The zero-order valence-electron chi connectivity index (χ0n) is 13.3. The van der Waals surface area contributed by atoms with Crippen molar-refractivity contribution in [1.29, 1.82) is 0 Å². The fraction of sp³-hybridized carbons (Fsp3) is 0.529. The first-order valence-corrected chi connectivity index (χ1v) is 7.88. The number of rotatable bonds is 7. The molecule has 1 heterocycles. The zero-order valence-corrected chi connectivity index (χ0v) is 13.3. The number of carbonyl (C=O) groups excluding carboxylic acids is 1. The minimum Gasteiger partial charge on any atom is -0.496 e. The van der Waals surface area contributed by atoms with E-state index in [0.717, 1.165) is 37.9 Å². The second-order valence-corrected chi connectivity index (χ2v) is 5.64. The van der Waals surface area contributed by atoms with Crippen LogP contribution in [0.3, 0.4) is 0 Å². The number of hydrogen-bond acceptors (Lipinski definition) is 4. The SMILES string of the molecule is COc1ccc(CNC(=O)CCC2CCCCO2)cc1C(=O)O. The van der Waals surface area contributed by atoms with Crippen LogP contribution in [0.1, 0.15) is 48.0 Å². The van der Waals surface area contributed by atoms with Gasteiger partial charge in [0.05, 0.1) is 13.2 Å². The molecule has 2 N–H and O–H groups in total. The third-order valence-corrected chi connectivity index (χ3v) is 3.95. The molecule has 1 fully saturated rings. The summed E-state index contributed by atoms with van der Waals surface area (Å²) in [4.78, 5) is 23.1. The summed E-state index contributed by atoms with van der Waals surface area (Å²) in [5.74, 6) is -0.793. The molecule has 126 valence electrons. The van der Waals surface area contributed by atoms with Gasteiger partial charge in [0.25, 0.3) is 0 Å². The van der Waals surface area contributed by atoms with Gasteiger partial charge in [0.15, 0.2) is 0 Å². The first-order valence-electron chi connectivity index (χ1n) is 7.88. The number of aromatic carboxylic acids is 1. The van der Waals surface area contributed by atoms with Crippen molar-refractivity contribution in [2.75, 3.05) is 13.7 Å². The quantitative estimate of drug-likeness (QED) is 0.805. The fourth-order valence-electron chi connectivity index (χ4n) is 2.65. The number of benzene rings is 1. The van der Waals surface area contributed by atoms with Gasteiger partial charge in [-0.25, -0.2) is 4.79 Å². The van der Waals surface area contributed by atoms with E-state index in [9.17, 15) is 9.59 Å². The largest absolute Gasteiger partial charge is 0.496 e. The number of ether oxygens (including phenoxy) is 2. The molecule has 0 saturated carbocycles. The van der Waals surface area contributed by atoms with E-state index in [4.69, 9.17) is 14.6 Å². The van der Waals surface area contributed by atoms with Crippen LogP contribution in [0.4, 0.5) is 0 Å². The van der Waals surface area contributed by atoms with Gasteiger partial charge in [0.2, 0.25) is 5.91 Å². The Morgan fingerprint density at radius 2 is 2.22 bits per heavy atom. The highest BCUT2D eigenvalue weighted by Gasteiger charge is 2.15. The predicted octanol–water partition coefficient (Wildman–Crippen LogP) is 2.36. The summed E-state index contributed by atoms with van der Waals surface area (Å²) in [6.45, 7) is 1.09. The Hall–Kier alpha value is -2.08.